The van der Waals surface area contributed by atoms with Gasteiger partial charge in [0.05, 0.1) is 6.54 Å². The molecule has 0 spiro atoms. The summed E-state index contributed by atoms with van der Waals surface area (Å²) in [5.41, 5.74) is 1.96. The van der Waals surface area contributed by atoms with Crippen molar-refractivity contribution >= 4 is 5.91 Å². The van der Waals surface area contributed by atoms with Crippen LogP contribution >= 0.6 is 0 Å². The van der Waals surface area contributed by atoms with E-state index in [4.69, 9.17) is 0 Å². The molecular formula is C22H26F2N2O. The Hall–Kier alpha value is -2.27. The Bertz CT molecular complexity index is 790. The van der Waals surface area contributed by atoms with Crippen molar-refractivity contribution < 1.29 is 13.6 Å². The van der Waals surface area contributed by atoms with Crippen LogP contribution in [0.1, 0.15) is 43.4 Å². The number of hydrogen-bond donors (Lipinski definition) is 1. The van der Waals surface area contributed by atoms with Gasteiger partial charge >= 0.3 is 0 Å². The summed E-state index contributed by atoms with van der Waals surface area (Å²) in [5, 5.41) is 3.07. The predicted molar refractivity (Wildman–Crippen MR) is 102 cm³/mol. The third kappa shape index (κ3) is 4.35. The maximum Gasteiger partial charge on any atom is 0.234 e. The highest BCUT2D eigenvalue weighted by atomic mass is 19.2. The molecule has 0 saturated heterocycles. The van der Waals surface area contributed by atoms with Crippen molar-refractivity contribution in [2.75, 3.05) is 20.1 Å². The number of amides is 1. The number of carbonyl (C=O) groups is 1. The standard InChI is InChI=1S/C22H26F2N2O/c1-16(17-9-10-19(23)20(24)13-17)26(2)14-21(27)25-15-22(11-6-12-22)18-7-4-3-5-8-18/h3-5,7-10,13,16H,6,11-12,14-15H2,1-2H3,(H,25,27). The first-order chi connectivity index (χ1) is 12.9. The van der Waals surface area contributed by atoms with Crippen molar-refractivity contribution in [2.45, 2.75) is 37.6 Å². The molecule has 1 fully saturated rings. The van der Waals surface area contributed by atoms with Crippen LogP contribution in [0.3, 0.4) is 0 Å². The lowest BCUT2D eigenvalue weighted by atomic mass is 9.64. The molecule has 0 aliphatic heterocycles. The number of rotatable bonds is 7. The molecule has 1 atom stereocenters. The fourth-order valence-electron chi connectivity index (χ4n) is 3.68. The molecule has 27 heavy (non-hydrogen) atoms. The SMILES string of the molecule is CC(c1ccc(F)c(F)c1)N(C)CC(=O)NCC1(c2ccccc2)CCC1. The third-order valence-corrected chi connectivity index (χ3v) is 5.80. The molecule has 0 bridgehead atoms. The largest absolute Gasteiger partial charge is 0.354 e. The molecule has 1 amide bonds. The quantitative estimate of drug-likeness (QED) is 0.790. The van der Waals surface area contributed by atoms with Gasteiger partial charge in [0.15, 0.2) is 11.6 Å². The molecule has 3 rings (SSSR count). The topological polar surface area (TPSA) is 32.3 Å². The van der Waals surface area contributed by atoms with Gasteiger partial charge in [-0.25, -0.2) is 8.78 Å². The number of halogens is 2. The molecular weight excluding hydrogens is 346 g/mol. The lowest BCUT2D eigenvalue weighted by Crippen LogP contribution is -2.47. The lowest BCUT2D eigenvalue weighted by molar-refractivity contribution is -0.122. The van der Waals surface area contributed by atoms with Crippen LogP contribution in [0.15, 0.2) is 48.5 Å². The second-order valence-corrected chi connectivity index (χ2v) is 7.54. The van der Waals surface area contributed by atoms with E-state index >= 15 is 0 Å². The Morgan fingerprint density at radius 2 is 1.85 bits per heavy atom. The Labute approximate surface area is 159 Å². The molecule has 0 radical (unpaired) electrons. The number of hydrogen-bond acceptors (Lipinski definition) is 2. The highest BCUT2D eigenvalue weighted by Crippen LogP contribution is 2.43. The van der Waals surface area contributed by atoms with Crippen LogP contribution in [0.25, 0.3) is 0 Å². The van der Waals surface area contributed by atoms with E-state index in [1.165, 1.54) is 18.1 Å². The van der Waals surface area contributed by atoms with Crippen LogP contribution in [0.5, 0.6) is 0 Å². The van der Waals surface area contributed by atoms with E-state index in [-0.39, 0.29) is 23.9 Å². The fourth-order valence-corrected chi connectivity index (χ4v) is 3.68. The molecule has 2 aromatic carbocycles. The minimum absolute atomic E-state index is 0.0429. The molecule has 0 aromatic heterocycles. The maximum atomic E-state index is 13.5. The van der Waals surface area contributed by atoms with Gasteiger partial charge in [-0.05, 0) is 50.1 Å². The van der Waals surface area contributed by atoms with Crippen molar-refractivity contribution in [1.29, 1.82) is 0 Å². The summed E-state index contributed by atoms with van der Waals surface area (Å²) in [5.74, 6) is -1.79. The van der Waals surface area contributed by atoms with E-state index in [1.54, 1.807) is 6.07 Å². The van der Waals surface area contributed by atoms with Gasteiger partial charge in [0.1, 0.15) is 0 Å². The van der Waals surface area contributed by atoms with Crippen LogP contribution in [-0.4, -0.2) is 30.9 Å². The smallest absolute Gasteiger partial charge is 0.234 e. The van der Waals surface area contributed by atoms with E-state index in [0.29, 0.717) is 12.1 Å². The van der Waals surface area contributed by atoms with Crippen LogP contribution in [0.4, 0.5) is 8.78 Å². The van der Waals surface area contributed by atoms with Gasteiger partial charge in [-0.3, -0.25) is 9.69 Å². The van der Waals surface area contributed by atoms with E-state index in [2.05, 4.69) is 17.4 Å². The molecule has 1 saturated carbocycles. The van der Waals surface area contributed by atoms with Crippen molar-refractivity contribution in [3.63, 3.8) is 0 Å². The Morgan fingerprint density at radius 3 is 2.44 bits per heavy atom. The number of likely N-dealkylation sites (N-methyl/N-ethyl adjacent to an activating group) is 1. The van der Waals surface area contributed by atoms with Gasteiger partial charge in [-0.1, -0.05) is 42.8 Å². The minimum Gasteiger partial charge on any atom is -0.354 e. The van der Waals surface area contributed by atoms with Gasteiger partial charge in [0.2, 0.25) is 5.91 Å². The van der Waals surface area contributed by atoms with Gasteiger partial charge in [-0.2, -0.15) is 0 Å². The average Bonchev–Trinajstić information content (AvgIpc) is 2.63. The Kier molecular flexibility index (Phi) is 5.90. The average molecular weight is 372 g/mol. The molecule has 0 heterocycles. The highest BCUT2D eigenvalue weighted by molar-refractivity contribution is 5.78. The van der Waals surface area contributed by atoms with Gasteiger partial charge in [-0.15, -0.1) is 0 Å². The summed E-state index contributed by atoms with van der Waals surface area (Å²) in [6, 6.07) is 14.0. The Balaban J connectivity index is 1.56. The second-order valence-electron chi connectivity index (χ2n) is 7.54. The number of carbonyl (C=O) groups excluding carboxylic acids is 1. The van der Waals surface area contributed by atoms with E-state index in [0.717, 1.165) is 18.9 Å². The van der Waals surface area contributed by atoms with Crippen molar-refractivity contribution in [3.8, 4) is 0 Å². The third-order valence-electron chi connectivity index (χ3n) is 5.80. The zero-order valence-corrected chi connectivity index (χ0v) is 15.8. The van der Waals surface area contributed by atoms with Crippen molar-refractivity contribution in [1.82, 2.24) is 10.2 Å². The van der Waals surface area contributed by atoms with Crippen LogP contribution in [0.2, 0.25) is 0 Å². The molecule has 144 valence electrons. The zero-order chi connectivity index (χ0) is 19.4. The molecule has 5 heteroatoms. The molecule has 1 aliphatic carbocycles. The first-order valence-electron chi connectivity index (χ1n) is 9.39. The Morgan fingerprint density at radius 1 is 1.15 bits per heavy atom. The molecule has 1 unspecified atom stereocenters. The summed E-state index contributed by atoms with van der Waals surface area (Å²) in [6.45, 7) is 2.70. The number of nitrogens with one attached hydrogen (secondary N) is 1. The van der Waals surface area contributed by atoms with Crippen LogP contribution in [-0.2, 0) is 10.2 Å². The van der Waals surface area contributed by atoms with E-state index in [1.807, 2.05) is 37.1 Å². The first kappa shape index (κ1) is 19.5. The summed E-state index contributed by atoms with van der Waals surface area (Å²) >= 11 is 0. The summed E-state index contributed by atoms with van der Waals surface area (Å²) in [4.78, 5) is 14.3. The molecule has 2 aromatic rings. The van der Waals surface area contributed by atoms with Gasteiger partial charge < -0.3 is 5.32 Å². The van der Waals surface area contributed by atoms with Gasteiger partial charge in [0.25, 0.3) is 0 Å². The maximum absolute atomic E-state index is 13.5. The lowest BCUT2D eigenvalue weighted by Gasteiger charge is -2.42. The van der Waals surface area contributed by atoms with E-state index in [9.17, 15) is 13.6 Å². The van der Waals surface area contributed by atoms with Crippen molar-refractivity contribution in [3.05, 3.63) is 71.3 Å². The monoisotopic (exact) mass is 372 g/mol. The number of benzene rings is 2. The summed E-state index contributed by atoms with van der Waals surface area (Å²) in [7, 11) is 1.81. The van der Waals surface area contributed by atoms with Gasteiger partial charge in [0, 0.05) is 18.0 Å². The minimum atomic E-state index is -0.869. The first-order valence-corrected chi connectivity index (χ1v) is 9.39. The zero-order valence-electron chi connectivity index (χ0n) is 15.8. The predicted octanol–water partition coefficient (Wildman–Crippen LogP) is 4.20. The summed E-state index contributed by atoms with van der Waals surface area (Å²) in [6.07, 6.45) is 3.34. The van der Waals surface area contributed by atoms with Crippen LogP contribution in [0, 0.1) is 11.6 Å². The summed E-state index contributed by atoms with van der Waals surface area (Å²) < 4.78 is 26.6. The highest BCUT2D eigenvalue weighted by Gasteiger charge is 2.38. The molecule has 1 N–H and O–H groups in total. The second kappa shape index (κ2) is 8.17. The number of nitrogens with zero attached hydrogens (tertiary/aromatic N) is 1. The normalized spacial score (nSPS) is 16.6. The molecule has 3 nitrogen and oxygen atoms in total. The molecule has 1 aliphatic rings. The van der Waals surface area contributed by atoms with Crippen molar-refractivity contribution in [2.24, 2.45) is 0 Å². The fraction of sp³-hybridized carbons (Fsp3) is 0.409. The van der Waals surface area contributed by atoms with Crippen LogP contribution < -0.4 is 5.32 Å². The van der Waals surface area contributed by atoms with E-state index < -0.39 is 11.6 Å².